The van der Waals surface area contributed by atoms with Crippen molar-refractivity contribution >= 4 is 34.6 Å². The van der Waals surface area contributed by atoms with Crippen LogP contribution < -0.4 is 9.96 Å². The van der Waals surface area contributed by atoms with Gasteiger partial charge in [-0.15, -0.1) is 0 Å². The first-order valence-corrected chi connectivity index (χ1v) is 18.0. The lowest BCUT2D eigenvalue weighted by molar-refractivity contribution is -0.141. The van der Waals surface area contributed by atoms with E-state index in [1.54, 1.807) is 40.7 Å². The number of alkyl carbamates (subject to hydrolysis) is 1. The smallest absolute Gasteiger partial charge is 0.408 e. The highest BCUT2D eigenvalue weighted by molar-refractivity contribution is 6.90. The van der Waals surface area contributed by atoms with E-state index < -0.39 is 45.6 Å². The van der Waals surface area contributed by atoms with Crippen molar-refractivity contribution < 1.29 is 19.4 Å². The van der Waals surface area contributed by atoms with Crippen LogP contribution in [0.1, 0.15) is 40.2 Å². The first-order valence-electron chi connectivity index (χ1n) is 11.0. The summed E-state index contributed by atoms with van der Waals surface area (Å²) in [6.45, 7) is 22.8. The van der Waals surface area contributed by atoms with E-state index in [-0.39, 0.29) is 0 Å². The lowest BCUT2D eigenvalue weighted by Gasteiger charge is -2.30. The molecule has 8 heteroatoms. The zero-order valence-corrected chi connectivity index (χ0v) is 23.8. The number of carbonyl (C=O) groups excluding carboxylic acids is 1. The average molecular weight is 481 g/mol. The summed E-state index contributed by atoms with van der Waals surface area (Å²) in [7, 11) is -1.96. The normalized spacial score (nSPS) is 13.7. The van der Waals surface area contributed by atoms with Crippen LogP contribution in [-0.2, 0) is 9.53 Å². The van der Waals surface area contributed by atoms with Crippen LogP contribution in [0.2, 0.25) is 39.3 Å². The van der Waals surface area contributed by atoms with E-state index in [9.17, 15) is 14.7 Å². The second-order valence-corrected chi connectivity index (χ2v) is 21.6. The molecule has 1 aromatic carbocycles. The van der Waals surface area contributed by atoms with E-state index >= 15 is 0 Å². The largest absolute Gasteiger partial charge is 0.480 e. The molecule has 182 valence electrons. The van der Waals surface area contributed by atoms with Crippen molar-refractivity contribution in [3.63, 3.8) is 0 Å². The maximum absolute atomic E-state index is 11.9. The molecule has 0 spiro atoms. The molecular formula is C24H44N2O4Si2. The van der Waals surface area contributed by atoms with Gasteiger partial charge in [-0.25, -0.2) is 9.59 Å². The fraction of sp³-hybridized carbons (Fsp3) is 0.583. The van der Waals surface area contributed by atoms with E-state index in [1.807, 2.05) is 36.4 Å². The number of nitrogens with one attached hydrogen (secondary N) is 2. The summed E-state index contributed by atoms with van der Waals surface area (Å²) in [5.74, 6) is -1.11. The summed E-state index contributed by atoms with van der Waals surface area (Å²) in [6, 6.07) is 8.46. The highest BCUT2D eigenvalue weighted by Gasteiger charge is 2.35. The fourth-order valence-electron chi connectivity index (χ4n) is 3.09. The zero-order valence-electron chi connectivity index (χ0n) is 21.8. The predicted octanol–water partition coefficient (Wildman–Crippen LogP) is 5.95. The van der Waals surface area contributed by atoms with E-state index in [4.69, 9.17) is 4.74 Å². The third-order valence-electron chi connectivity index (χ3n) is 3.91. The van der Waals surface area contributed by atoms with Gasteiger partial charge in [0.15, 0.2) is 0 Å². The molecule has 1 aromatic rings. The molecule has 6 nitrogen and oxygen atoms in total. The minimum atomic E-state index is -1.11. The number of hydrogen-bond acceptors (Lipinski definition) is 4. The summed E-state index contributed by atoms with van der Waals surface area (Å²) in [6.07, 6.45) is 2.87. The van der Waals surface area contributed by atoms with Crippen LogP contribution in [0.15, 0.2) is 36.4 Å². The van der Waals surface area contributed by atoms with Gasteiger partial charge in [0.05, 0.1) is 0 Å². The molecule has 1 unspecified atom stereocenters. The molecule has 0 aliphatic rings. The Morgan fingerprint density at radius 1 is 0.938 bits per heavy atom. The number of carboxylic acid groups (broad SMARTS) is 1. The quantitative estimate of drug-likeness (QED) is 0.420. The molecule has 0 saturated carbocycles. The number of hydrogen-bond donors (Lipinski definition) is 3. The van der Waals surface area contributed by atoms with Gasteiger partial charge >= 0.3 is 12.1 Å². The van der Waals surface area contributed by atoms with Crippen LogP contribution in [0.25, 0.3) is 6.08 Å². The van der Waals surface area contributed by atoms with Gasteiger partial charge in [0, 0.05) is 5.41 Å². The Morgan fingerprint density at radius 2 is 1.41 bits per heavy atom. The van der Waals surface area contributed by atoms with Crippen LogP contribution in [0.4, 0.5) is 4.79 Å². The third-order valence-corrected chi connectivity index (χ3v) is 9.91. The minimum absolute atomic E-state index is 0.683. The van der Waals surface area contributed by atoms with Crippen LogP contribution in [0, 0.1) is 5.41 Å². The highest BCUT2D eigenvalue weighted by atomic mass is 28.4. The summed E-state index contributed by atoms with van der Waals surface area (Å²) in [4.78, 5) is 23.4. The van der Waals surface area contributed by atoms with Crippen LogP contribution in [0.5, 0.6) is 0 Å². The molecule has 0 radical (unpaired) electrons. The van der Waals surface area contributed by atoms with Crippen molar-refractivity contribution in [2.45, 2.75) is 85.5 Å². The van der Waals surface area contributed by atoms with Crippen LogP contribution in [-0.4, -0.2) is 45.3 Å². The Bertz CT molecular complexity index is 747. The molecule has 0 aliphatic heterocycles. The summed E-state index contributed by atoms with van der Waals surface area (Å²) < 4.78 is 8.87. The molecule has 0 heterocycles. The number of amides is 1. The van der Waals surface area contributed by atoms with E-state index in [1.165, 1.54) is 0 Å². The van der Waals surface area contributed by atoms with Gasteiger partial charge in [-0.1, -0.05) is 95.6 Å². The lowest BCUT2D eigenvalue weighted by Crippen LogP contribution is -2.55. The second kappa shape index (κ2) is 11.8. The first-order chi connectivity index (χ1) is 14.2. The molecule has 0 fully saturated rings. The maximum atomic E-state index is 11.9. The number of benzene rings is 1. The van der Waals surface area contributed by atoms with Crippen molar-refractivity contribution in [2.24, 2.45) is 5.41 Å². The van der Waals surface area contributed by atoms with Crippen LogP contribution >= 0.6 is 0 Å². The molecule has 0 aromatic heterocycles. The molecule has 0 saturated heterocycles. The van der Waals surface area contributed by atoms with Gasteiger partial charge in [0.25, 0.3) is 0 Å². The van der Waals surface area contributed by atoms with Gasteiger partial charge < -0.3 is 19.8 Å². The fourth-order valence-corrected chi connectivity index (χ4v) is 12.1. The van der Waals surface area contributed by atoms with Crippen molar-refractivity contribution in [1.82, 2.24) is 9.96 Å². The number of carbonyl (C=O) groups is 2. The first kappa shape index (κ1) is 30.1. The van der Waals surface area contributed by atoms with Gasteiger partial charge in [-0.2, -0.15) is 0 Å². The minimum Gasteiger partial charge on any atom is -0.480 e. The Kier molecular flexibility index (Phi) is 11.1. The Morgan fingerprint density at radius 3 is 1.75 bits per heavy atom. The van der Waals surface area contributed by atoms with Gasteiger partial charge in [0.1, 0.15) is 28.1 Å². The van der Waals surface area contributed by atoms with Crippen molar-refractivity contribution in [3.8, 4) is 0 Å². The lowest BCUT2D eigenvalue weighted by atomic mass is 9.83. The molecule has 1 rings (SSSR count). The van der Waals surface area contributed by atoms with Gasteiger partial charge in [0.2, 0.25) is 0 Å². The molecule has 32 heavy (non-hydrogen) atoms. The number of aliphatic carboxylic acids is 1. The molecular weight excluding hydrogens is 436 g/mol. The zero-order chi connectivity index (χ0) is 25.4. The number of carboxylic acids is 1. The molecule has 0 aliphatic carbocycles. The third kappa shape index (κ3) is 15.0. The number of ether oxygens (including phenoxy) is 1. The highest BCUT2D eigenvalue weighted by Crippen LogP contribution is 2.25. The van der Waals surface area contributed by atoms with Crippen molar-refractivity contribution in [3.05, 3.63) is 42.0 Å². The molecule has 1 atom stereocenters. The van der Waals surface area contributed by atoms with E-state index in [2.05, 4.69) is 49.2 Å². The molecule has 3 N–H and O–H groups in total. The maximum Gasteiger partial charge on any atom is 0.408 e. The summed E-state index contributed by atoms with van der Waals surface area (Å²) >= 11 is 0. The standard InChI is InChI=1S/C18H25NO4.C6H19NSi2/c1-17(2,3)23-16(22)19-14(15(20)21)18(4,5)12-11-13-9-7-6-8-10-13;1-8(2,3)7-9(4,5)6/h6-12,14H,1-5H3,(H,19,22)(H,20,21);7H,1-6H3. The SMILES string of the molecule is CC(C)(C)OC(=O)NC(C(=O)O)C(C)(C)C=Cc1ccccc1.C[Si](C)(C)N[Si](C)(C)C. The van der Waals surface area contributed by atoms with Gasteiger partial charge in [-0.05, 0) is 26.3 Å². The predicted molar refractivity (Wildman–Crippen MR) is 140 cm³/mol. The summed E-state index contributed by atoms with van der Waals surface area (Å²) in [5, 5.41) is 11.9. The second-order valence-electron chi connectivity index (χ2n) is 11.6. The summed E-state index contributed by atoms with van der Waals surface area (Å²) in [5.41, 5.74) is -0.516. The Balaban J connectivity index is 0.000000900. The topological polar surface area (TPSA) is 87.7 Å². The van der Waals surface area contributed by atoms with Crippen molar-refractivity contribution in [1.29, 1.82) is 0 Å². The molecule has 1 amide bonds. The average Bonchev–Trinajstić information content (AvgIpc) is 2.54. The number of rotatable bonds is 7. The molecule has 0 bridgehead atoms. The van der Waals surface area contributed by atoms with Gasteiger partial charge in [-0.3, -0.25) is 0 Å². The Hall–Kier alpha value is -1.91. The van der Waals surface area contributed by atoms with Crippen molar-refractivity contribution in [2.75, 3.05) is 0 Å². The van der Waals surface area contributed by atoms with E-state index in [0.717, 1.165) is 5.56 Å². The van der Waals surface area contributed by atoms with Crippen LogP contribution in [0.3, 0.4) is 0 Å². The Labute approximate surface area is 197 Å². The van der Waals surface area contributed by atoms with E-state index in [0.29, 0.717) is 0 Å². The monoisotopic (exact) mass is 480 g/mol.